The van der Waals surface area contributed by atoms with Crippen molar-refractivity contribution in [1.29, 1.82) is 0 Å². The van der Waals surface area contributed by atoms with Gasteiger partial charge in [0.1, 0.15) is 23.7 Å². The predicted molar refractivity (Wildman–Crippen MR) is 223 cm³/mol. The largest absolute Gasteiger partial charge is 0.465 e. The molecular formula is C44H55N5O8S. The Hall–Kier alpha value is -5.37. The van der Waals surface area contributed by atoms with Crippen LogP contribution in [-0.4, -0.2) is 94.4 Å². The number of nitrogens with zero attached hydrogens (tertiary/aromatic N) is 2. The summed E-state index contributed by atoms with van der Waals surface area (Å²) in [5, 5.41) is 9.09. The number of benzene rings is 3. The third kappa shape index (κ3) is 10.2. The molecule has 14 heteroatoms. The minimum Gasteiger partial charge on any atom is -0.465 e. The third-order valence-electron chi connectivity index (χ3n) is 10.8. The van der Waals surface area contributed by atoms with E-state index in [0.717, 1.165) is 36.0 Å². The molecule has 3 aromatic rings. The van der Waals surface area contributed by atoms with E-state index in [2.05, 4.69) is 22.0 Å². The Bertz CT molecular complexity index is 2050. The van der Waals surface area contributed by atoms with Crippen molar-refractivity contribution in [2.75, 3.05) is 25.7 Å². The summed E-state index contributed by atoms with van der Waals surface area (Å²) < 4.78 is 9.39. The van der Waals surface area contributed by atoms with Gasteiger partial charge in [-0.25, -0.2) is 9.59 Å². The van der Waals surface area contributed by atoms with Crippen LogP contribution in [0.25, 0.3) is 0 Å². The molecule has 58 heavy (non-hydrogen) atoms. The first kappa shape index (κ1) is 43.7. The van der Waals surface area contributed by atoms with Crippen LogP contribution in [0.4, 0.5) is 10.5 Å². The Morgan fingerprint density at radius 1 is 0.897 bits per heavy atom. The van der Waals surface area contributed by atoms with Crippen molar-refractivity contribution in [3.8, 4) is 0 Å². The van der Waals surface area contributed by atoms with E-state index >= 15 is 4.79 Å². The summed E-state index contributed by atoms with van der Waals surface area (Å²) in [6.45, 7) is 10.5. The Kier molecular flexibility index (Phi) is 13.6. The van der Waals surface area contributed by atoms with Gasteiger partial charge in [-0.05, 0) is 126 Å². The van der Waals surface area contributed by atoms with Gasteiger partial charge in [0.25, 0.3) is 5.91 Å². The molecule has 5 rings (SSSR count). The lowest BCUT2D eigenvalue weighted by atomic mass is 9.87. The highest BCUT2D eigenvalue weighted by Crippen LogP contribution is 2.34. The first-order chi connectivity index (χ1) is 27.3. The van der Waals surface area contributed by atoms with Crippen LogP contribution < -0.4 is 16.0 Å². The SMILES string of the molecule is COC(=O)c1ccc(C(=O)Nc2ccc3c(c2)CN(C(=O)[C@@H](NC(=O)[C@H](C)N(C)C(=O)OC(C)(C)C)C(C)(C)SC)[C@H](C(=O)NC2CCCc4ccccc42)C3)cc1. The highest BCUT2D eigenvalue weighted by molar-refractivity contribution is 8.00. The fraction of sp³-hybridized carbons (Fsp3) is 0.455. The zero-order chi connectivity index (χ0) is 42.5. The van der Waals surface area contributed by atoms with Crippen LogP contribution >= 0.6 is 11.8 Å². The lowest BCUT2D eigenvalue weighted by Crippen LogP contribution is -2.63. The first-order valence-corrected chi connectivity index (χ1v) is 20.7. The van der Waals surface area contributed by atoms with E-state index in [0.29, 0.717) is 16.8 Å². The average molecular weight is 814 g/mol. The van der Waals surface area contributed by atoms with E-state index in [9.17, 15) is 24.0 Å². The number of hydrogen-bond acceptors (Lipinski definition) is 9. The molecule has 1 heterocycles. The molecule has 0 bridgehead atoms. The molecule has 0 fully saturated rings. The van der Waals surface area contributed by atoms with Gasteiger partial charge in [0.05, 0.1) is 18.7 Å². The number of methoxy groups -OCH3 is 1. The molecule has 0 saturated carbocycles. The molecule has 13 nitrogen and oxygen atoms in total. The number of amides is 5. The molecule has 4 atom stereocenters. The summed E-state index contributed by atoms with van der Waals surface area (Å²) >= 11 is 1.39. The number of thioether (sulfide) groups is 1. The van der Waals surface area contributed by atoms with Crippen LogP contribution in [0.2, 0.25) is 0 Å². The monoisotopic (exact) mass is 813 g/mol. The summed E-state index contributed by atoms with van der Waals surface area (Å²) in [5.74, 6) is -2.24. The predicted octanol–water partition coefficient (Wildman–Crippen LogP) is 6.05. The molecule has 5 amide bonds. The number of rotatable bonds is 11. The second-order valence-corrected chi connectivity index (χ2v) is 17.8. The average Bonchev–Trinajstić information content (AvgIpc) is 3.20. The zero-order valence-electron chi connectivity index (χ0n) is 34.8. The van der Waals surface area contributed by atoms with Crippen molar-refractivity contribution in [2.24, 2.45) is 0 Å². The van der Waals surface area contributed by atoms with Crippen LogP contribution in [0.1, 0.15) is 103 Å². The molecule has 310 valence electrons. The maximum Gasteiger partial charge on any atom is 0.410 e. The highest BCUT2D eigenvalue weighted by Gasteiger charge is 2.45. The van der Waals surface area contributed by atoms with E-state index in [-0.39, 0.29) is 24.9 Å². The molecule has 1 unspecified atom stereocenters. The fourth-order valence-electron chi connectivity index (χ4n) is 7.13. The van der Waals surface area contributed by atoms with Crippen LogP contribution in [0.5, 0.6) is 0 Å². The van der Waals surface area contributed by atoms with Crippen LogP contribution in [0.15, 0.2) is 66.7 Å². The molecule has 3 N–H and O–H groups in total. The molecule has 0 spiro atoms. The van der Waals surface area contributed by atoms with Crippen molar-refractivity contribution < 1.29 is 38.2 Å². The van der Waals surface area contributed by atoms with Crippen LogP contribution in [0, 0.1) is 0 Å². The number of aryl methyl sites for hydroxylation is 1. The maximum atomic E-state index is 15.0. The molecular weight excluding hydrogens is 759 g/mol. The van der Waals surface area contributed by atoms with Gasteiger partial charge < -0.3 is 30.3 Å². The number of likely N-dealkylation sites (N-methyl/N-ethyl adjacent to an activating group) is 1. The van der Waals surface area contributed by atoms with Crippen molar-refractivity contribution in [1.82, 2.24) is 20.4 Å². The molecule has 1 aliphatic heterocycles. The maximum absolute atomic E-state index is 15.0. The summed E-state index contributed by atoms with van der Waals surface area (Å²) in [6.07, 6.45) is 3.95. The van der Waals surface area contributed by atoms with Crippen molar-refractivity contribution in [3.63, 3.8) is 0 Å². The minimum atomic E-state index is -1.10. The lowest BCUT2D eigenvalue weighted by Gasteiger charge is -2.42. The highest BCUT2D eigenvalue weighted by atomic mass is 32.2. The Balaban J connectivity index is 1.45. The quantitative estimate of drug-likeness (QED) is 0.196. The summed E-state index contributed by atoms with van der Waals surface area (Å²) in [5.41, 5.74) is 4.15. The summed E-state index contributed by atoms with van der Waals surface area (Å²) in [7, 11) is 2.75. The minimum absolute atomic E-state index is 0.0231. The van der Waals surface area contributed by atoms with Gasteiger partial charge in [-0.2, -0.15) is 11.8 Å². The van der Waals surface area contributed by atoms with Gasteiger partial charge in [-0.15, -0.1) is 0 Å². The number of anilines is 1. The molecule has 0 radical (unpaired) electrons. The number of carbonyl (C=O) groups is 6. The van der Waals surface area contributed by atoms with Gasteiger partial charge in [-0.1, -0.05) is 30.3 Å². The summed E-state index contributed by atoms with van der Waals surface area (Å²) in [6, 6.07) is 16.3. The first-order valence-electron chi connectivity index (χ1n) is 19.4. The van der Waals surface area contributed by atoms with Gasteiger partial charge in [0.2, 0.25) is 17.7 Å². The van der Waals surface area contributed by atoms with Crippen molar-refractivity contribution >= 4 is 53.1 Å². The molecule has 3 aromatic carbocycles. The number of fused-ring (bicyclic) bond motifs is 2. The van der Waals surface area contributed by atoms with Crippen molar-refractivity contribution in [2.45, 2.75) is 108 Å². The Morgan fingerprint density at radius 3 is 2.22 bits per heavy atom. The standard InChI is InChI=1S/C44H55N5O8S/c1-26(48(7)42(55)57-43(2,3)4)37(50)47-36(44(5,6)58-9)40(53)49-25-31-23-32(45-38(51)28-17-19-29(20-18-28)41(54)56-8)22-21-30(31)24-35(49)39(52)46-34-16-12-14-27-13-10-11-15-33(27)34/h10-11,13,15,17-23,26,34-36H,12,14,16,24-25H2,1-9H3,(H,45,51)(H,46,52)(H,47,50)/t26-,34?,35-,36+/m0/s1. The van der Waals surface area contributed by atoms with Gasteiger partial charge in [0.15, 0.2) is 0 Å². The van der Waals surface area contributed by atoms with E-state index in [1.54, 1.807) is 39.8 Å². The normalized spacial score (nSPS) is 17.4. The van der Waals surface area contributed by atoms with E-state index < -0.39 is 58.3 Å². The molecule has 0 aromatic heterocycles. The Labute approximate surface area is 345 Å². The second kappa shape index (κ2) is 18.0. The van der Waals surface area contributed by atoms with Gasteiger partial charge in [0, 0.05) is 36.0 Å². The van der Waals surface area contributed by atoms with Crippen molar-refractivity contribution in [3.05, 3.63) is 100 Å². The number of hydrogen-bond donors (Lipinski definition) is 3. The molecule has 2 aliphatic rings. The number of nitrogens with one attached hydrogen (secondary N) is 3. The van der Waals surface area contributed by atoms with Gasteiger partial charge in [-0.3, -0.25) is 24.1 Å². The fourth-order valence-corrected chi connectivity index (χ4v) is 7.52. The van der Waals surface area contributed by atoms with E-state index in [4.69, 9.17) is 9.47 Å². The van der Waals surface area contributed by atoms with Crippen LogP contribution in [-0.2, 0) is 43.2 Å². The lowest BCUT2D eigenvalue weighted by molar-refractivity contribution is -0.145. The molecule has 0 saturated heterocycles. The van der Waals surface area contributed by atoms with Crippen LogP contribution in [0.3, 0.4) is 0 Å². The third-order valence-corrected chi connectivity index (χ3v) is 12.1. The summed E-state index contributed by atoms with van der Waals surface area (Å²) in [4.78, 5) is 84.1. The smallest absolute Gasteiger partial charge is 0.410 e. The number of carbonyl (C=O) groups excluding carboxylic acids is 6. The topological polar surface area (TPSA) is 163 Å². The second-order valence-electron chi connectivity index (χ2n) is 16.4. The molecule has 1 aliphatic carbocycles. The van der Waals surface area contributed by atoms with E-state index in [1.165, 1.54) is 65.5 Å². The van der Waals surface area contributed by atoms with Gasteiger partial charge >= 0.3 is 12.1 Å². The number of ether oxygens (including phenoxy) is 2. The Morgan fingerprint density at radius 2 is 1.57 bits per heavy atom. The zero-order valence-corrected chi connectivity index (χ0v) is 35.6. The van der Waals surface area contributed by atoms with E-state index in [1.807, 2.05) is 44.4 Å². The number of esters is 1.